The molecule has 0 bridgehead atoms. The lowest BCUT2D eigenvalue weighted by atomic mass is 9.98. The SMILES string of the molecule is COc1cc(NCC2CCCC2C)c(F)cc1N. The zero-order valence-electron chi connectivity index (χ0n) is 11.0. The second-order valence-electron chi connectivity index (χ2n) is 5.12. The van der Waals surface area contributed by atoms with Crippen LogP contribution in [-0.2, 0) is 0 Å². The summed E-state index contributed by atoms with van der Waals surface area (Å²) in [4.78, 5) is 0. The highest BCUT2D eigenvalue weighted by Crippen LogP contribution is 2.33. The fourth-order valence-electron chi connectivity index (χ4n) is 2.65. The first kappa shape index (κ1) is 13.0. The molecule has 100 valence electrons. The van der Waals surface area contributed by atoms with E-state index >= 15 is 0 Å². The molecule has 1 fully saturated rings. The van der Waals surface area contributed by atoms with Crippen molar-refractivity contribution in [3.8, 4) is 5.75 Å². The number of benzene rings is 1. The molecule has 2 atom stereocenters. The Morgan fingerprint density at radius 1 is 1.44 bits per heavy atom. The van der Waals surface area contributed by atoms with E-state index < -0.39 is 0 Å². The van der Waals surface area contributed by atoms with Gasteiger partial charge >= 0.3 is 0 Å². The normalized spacial score (nSPS) is 23.1. The third-order valence-corrected chi connectivity index (χ3v) is 3.91. The Kier molecular flexibility index (Phi) is 3.94. The predicted octanol–water partition coefficient (Wildman–Crippen LogP) is 3.26. The number of rotatable bonds is 4. The first-order valence-corrected chi connectivity index (χ1v) is 6.48. The first-order chi connectivity index (χ1) is 8.61. The Morgan fingerprint density at radius 3 is 2.83 bits per heavy atom. The molecular weight excluding hydrogens is 231 g/mol. The van der Waals surface area contributed by atoms with Crippen LogP contribution >= 0.6 is 0 Å². The molecule has 2 unspecified atom stereocenters. The van der Waals surface area contributed by atoms with Crippen LogP contribution in [0.2, 0.25) is 0 Å². The summed E-state index contributed by atoms with van der Waals surface area (Å²) >= 11 is 0. The zero-order chi connectivity index (χ0) is 13.1. The highest BCUT2D eigenvalue weighted by Gasteiger charge is 2.23. The Bertz CT molecular complexity index is 423. The minimum absolute atomic E-state index is 0.320. The second kappa shape index (κ2) is 5.46. The maximum Gasteiger partial charge on any atom is 0.148 e. The third-order valence-electron chi connectivity index (χ3n) is 3.91. The molecule has 1 saturated carbocycles. The van der Waals surface area contributed by atoms with Crippen LogP contribution in [0.15, 0.2) is 12.1 Å². The van der Waals surface area contributed by atoms with Crippen molar-refractivity contribution in [1.82, 2.24) is 0 Å². The summed E-state index contributed by atoms with van der Waals surface area (Å²) in [5.41, 5.74) is 6.45. The van der Waals surface area contributed by atoms with E-state index in [1.165, 1.54) is 32.4 Å². The number of hydrogen-bond donors (Lipinski definition) is 2. The molecule has 1 aromatic rings. The quantitative estimate of drug-likeness (QED) is 0.808. The molecule has 0 radical (unpaired) electrons. The molecule has 0 amide bonds. The van der Waals surface area contributed by atoms with Gasteiger partial charge in [0.05, 0.1) is 18.5 Å². The number of methoxy groups -OCH3 is 1. The van der Waals surface area contributed by atoms with E-state index in [4.69, 9.17) is 10.5 Å². The number of nitrogen functional groups attached to an aromatic ring is 1. The van der Waals surface area contributed by atoms with Gasteiger partial charge in [-0.1, -0.05) is 19.8 Å². The molecule has 3 N–H and O–H groups in total. The van der Waals surface area contributed by atoms with Crippen molar-refractivity contribution in [3.63, 3.8) is 0 Å². The number of halogens is 1. The summed E-state index contributed by atoms with van der Waals surface area (Å²) in [5, 5.41) is 3.18. The molecule has 2 rings (SSSR count). The fraction of sp³-hybridized carbons (Fsp3) is 0.571. The van der Waals surface area contributed by atoms with Crippen molar-refractivity contribution in [2.75, 3.05) is 24.7 Å². The van der Waals surface area contributed by atoms with Gasteiger partial charge in [0.15, 0.2) is 0 Å². The average molecular weight is 252 g/mol. The zero-order valence-corrected chi connectivity index (χ0v) is 11.0. The number of anilines is 2. The summed E-state index contributed by atoms with van der Waals surface area (Å²) in [6, 6.07) is 2.93. The molecule has 1 aliphatic rings. The first-order valence-electron chi connectivity index (χ1n) is 6.48. The van der Waals surface area contributed by atoms with Crippen molar-refractivity contribution in [2.45, 2.75) is 26.2 Å². The van der Waals surface area contributed by atoms with Crippen LogP contribution in [0, 0.1) is 17.7 Å². The van der Waals surface area contributed by atoms with Gasteiger partial charge in [-0.15, -0.1) is 0 Å². The largest absolute Gasteiger partial charge is 0.495 e. The summed E-state index contributed by atoms with van der Waals surface area (Å²) in [6.45, 7) is 3.07. The van der Waals surface area contributed by atoms with Crippen LogP contribution in [0.25, 0.3) is 0 Å². The molecular formula is C14H21FN2O. The van der Waals surface area contributed by atoms with Crippen LogP contribution in [0.5, 0.6) is 5.75 Å². The lowest BCUT2D eigenvalue weighted by Gasteiger charge is -2.18. The number of nitrogens with one attached hydrogen (secondary N) is 1. The number of hydrogen-bond acceptors (Lipinski definition) is 3. The van der Waals surface area contributed by atoms with Gasteiger partial charge < -0.3 is 15.8 Å². The molecule has 1 aliphatic carbocycles. The molecule has 3 nitrogen and oxygen atoms in total. The van der Waals surface area contributed by atoms with Gasteiger partial charge in [0.2, 0.25) is 0 Å². The van der Waals surface area contributed by atoms with E-state index in [1.807, 2.05) is 0 Å². The highest BCUT2D eigenvalue weighted by molar-refractivity contribution is 5.62. The minimum atomic E-state index is -0.320. The third kappa shape index (κ3) is 2.68. The summed E-state index contributed by atoms with van der Waals surface area (Å²) in [5.74, 6) is 1.54. The Hall–Kier alpha value is -1.45. The Morgan fingerprint density at radius 2 is 2.22 bits per heavy atom. The van der Waals surface area contributed by atoms with Crippen LogP contribution in [0.1, 0.15) is 26.2 Å². The summed E-state index contributed by atoms with van der Waals surface area (Å²) < 4.78 is 18.8. The lowest BCUT2D eigenvalue weighted by molar-refractivity contribution is 0.415. The van der Waals surface area contributed by atoms with E-state index in [1.54, 1.807) is 6.07 Å². The van der Waals surface area contributed by atoms with E-state index in [-0.39, 0.29) is 5.82 Å². The number of ether oxygens (including phenoxy) is 1. The average Bonchev–Trinajstić information content (AvgIpc) is 2.74. The van der Waals surface area contributed by atoms with Gasteiger partial charge in [0, 0.05) is 18.7 Å². The van der Waals surface area contributed by atoms with Crippen LogP contribution in [0.4, 0.5) is 15.8 Å². The molecule has 0 saturated heterocycles. The molecule has 18 heavy (non-hydrogen) atoms. The van der Waals surface area contributed by atoms with E-state index in [2.05, 4.69) is 12.2 Å². The molecule has 0 aromatic heterocycles. The van der Waals surface area contributed by atoms with Gasteiger partial charge in [0.1, 0.15) is 11.6 Å². The molecule has 1 aromatic carbocycles. The predicted molar refractivity (Wildman–Crippen MR) is 72.4 cm³/mol. The van der Waals surface area contributed by atoms with Crippen molar-refractivity contribution < 1.29 is 9.13 Å². The van der Waals surface area contributed by atoms with Crippen molar-refractivity contribution >= 4 is 11.4 Å². The monoisotopic (exact) mass is 252 g/mol. The Labute approximate surface area is 108 Å². The van der Waals surface area contributed by atoms with Crippen molar-refractivity contribution in [2.24, 2.45) is 11.8 Å². The topological polar surface area (TPSA) is 47.3 Å². The standard InChI is InChI=1S/C14H21FN2O/c1-9-4-3-5-10(9)8-17-13-7-14(18-2)12(16)6-11(13)15/h6-7,9-10,17H,3-5,8,16H2,1-2H3. The van der Waals surface area contributed by atoms with Crippen LogP contribution in [-0.4, -0.2) is 13.7 Å². The smallest absolute Gasteiger partial charge is 0.148 e. The van der Waals surface area contributed by atoms with Crippen LogP contribution in [0.3, 0.4) is 0 Å². The van der Waals surface area contributed by atoms with Crippen LogP contribution < -0.4 is 15.8 Å². The minimum Gasteiger partial charge on any atom is -0.495 e. The van der Waals surface area contributed by atoms with Gasteiger partial charge in [-0.3, -0.25) is 0 Å². The summed E-state index contributed by atoms with van der Waals surface area (Å²) in [7, 11) is 1.53. The lowest BCUT2D eigenvalue weighted by Crippen LogP contribution is -2.17. The van der Waals surface area contributed by atoms with Gasteiger partial charge in [-0.05, 0) is 18.3 Å². The fourth-order valence-corrected chi connectivity index (χ4v) is 2.65. The van der Waals surface area contributed by atoms with E-state index in [9.17, 15) is 4.39 Å². The molecule has 0 spiro atoms. The molecule has 0 aliphatic heterocycles. The highest BCUT2D eigenvalue weighted by atomic mass is 19.1. The number of nitrogens with two attached hydrogens (primary N) is 1. The van der Waals surface area contributed by atoms with E-state index in [0.717, 1.165) is 12.5 Å². The maximum absolute atomic E-state index is 13.7. The van der Waals surface area contributed by atoms with Crippen molar-refractivity contribution in [1.29, 1.82) is 0 Å². The molecule has 0 heterocycles. The Balaban J connectivity index is 2.04. The van der Waals surface area contributed by atoms with E-state index in [0.29, 0.717) is 23.0 Å². The van der Waals surface area contributed by atoms with Gasteiger partial charge in [-0.2, -0.15) is 0 Å². The molecule has 4 heteroatoms. The summed E-state index contributed by atoms with van der Waals surface area (Å²) in [6.07, 6.45) is 3.78. The second-order valence-corrected chi connectivity index (χ2v) is 5.12. The van der Waals surface area contributed by atoms with Gasteiger partial charge in [-0.25, -0.2) is 4.39 Å². The maximum atomic E-state index is 13.7. The van der Waals surface area contributed by atoms with Crippen molar-refractivity contribution in [3.05, 3.63) is 17.9 Å². The van der Waals surface area contributed by atoms with Gasteiger partial charge in [0.25, 0.3) is 0 Å².